The Morgan fingerprint density at radius 3 is 2.43 bits per heavy atom. The number of nitrogens with zero attached hydrogens (tertiary/aromatic N) is 1. The van der Waals surface area contributed by atoms with Crippen molar-refractivity contribution in [2.45, 2.75) is 13.3 Å². The molecule has 0 radical (unpaired) electrons. The van der Waals surface area contributed by atoms with Crippen LogP contribution in [0, 0.1) is 11.3 Å². The van der Waals surface area contributed by atoms with Gasteiger partial charge in [0.2, 0.25) is 0 Å². The number of hydrogen-bond donors (Lipinski definition) is 1. The summed E-state index contributed by atoms with van der Waals surface area (Å²) in [4.78, 5) is 12.3. The molecular formula is C22H24N2O4. The molecule has 0 aliphatic rings. The third-order valence-electron chi connectivity index (χ3n) is 4.01. The number of amides is 1. The van der Waals surface area contributed by atoms with Gasteiger partial charge >= 0.3 is 0 Å². The van der Waals surface area contributed by atoms with E-state index in [1.54, 1.807) is 44.6 Å². The van der Waals surface area contributed by atoms with E-state index in [1.807, 2.05) is 31.2 Å². The average molecular weight is 380 g/mol. The van der Waals surface area contributed by atoms with E-state index < -0.39 is 5.91 Å². The molecule has 1 N–H and O–H groups in total. The van der Waals surface area contributed by atoms with Crippen molar-refractivity contribution in [3.05, 3.63) is 59.2 Å². The van der Waals surface area contributed by atoms with Gasteiger partial charge in [0.15, 0.2) is 11.5 Å². The summed E-state index contributed by atoms with van der Waals surface area (Å²) >= 11 is 0. The van der Waals surface area contributed by atoms with E-state index in [0.29, 0.717) is 31.1 Å². The summed E-state index contributed by atoms with van der Waals surface area (Å²) < 4.78 is 15.9. The van der Waals surface area contributed by atoms with Crippen molar-refractivity contribution in [2.24, 2.45) is 0 Å². The Labute approximate surface area is 165 Å². The summed E-state index contributed by atoms with van der Waals surface area (Å²) in [6.45, 7) is 2.89. The van der Waals surface area contributed by atoms with E-state index in [1.165, 1.54) is 0 Å². The van der Waals surface area contributed by atoms with E-state index in [2.05, 4.69) is 5.32 Å². The number of rotatable bonds is 9. The number of benzene rings is 2. The Balaban J connectivity index is 1.96. The van der Waals surface area contributed by atoms with Crippen LogP contribution in [-0.2, 0) is 11.2 Å². The largest absolute Gasteiger partial charge is 0.494 e. The summed E-state index contributed by atoms with van der Waals surface area (Å²) in [5, 5.41) is 12.1. The molecule has 0 spiro atoms. The van der Waals surface area contributed by atoms with Crippen molar-refractivity contribution in [2.75, 3.05) is 27.4 Å². The smallest absolute Gasteiger partial charge is 0.261 e. The molecule has 0 saturated carbocycles. The van der Waals surface area contributed by atoms with Crippen LogP contribution in [0.2, 0.25) is 0 Å². The summed E-state index contributed by atoms with van der Waals surface area (Å²) in [5.41, 5.74) is 1.80. The van der Waals surface area contributed by atoms with Gasteiger partial charge in [0, 0.05) is 6.54 Å². The molecular weight excluding hydrogens is 356 g/mol. The predicted octanol–water partition coefficient (Wildman–Crippen LogP) is 3.37. The third kappa shape index (κ3) is 5.78. The van der Waals surface area contributed by atoms with Crippen LogP contribution in [0.5, 0.6) is 17.2 Å². The second kappa shape index (κ2) is 10.6. The minimum atomic E-state index is -0.406. The first kappa shape index (κ1) is 20.8. The zero-order valence-electron chi connectivity index (χ0n) is 16.3. The first-order valence-corrected chi connectivity index (χ1v) is 8.95. The van der Waals surface area contributed by atoms with Gasteiger partial charge in [-0.05, 0) is 54.8 Å². The Kier molecular flexibility index (Phi) is 7.92. The van der Waals surface area contributed by atoms with Crippen LogP contribution in [0.25, 0.3) is 6.08 Å². The molecule has 0 heterocycles. The van der Waals surface area contributed by atoms with E-state index >= 15 is 0 Å². The molecule has 146 valence electrons. The number of ether oxygens (including phenoxy) is 3. The fourth-order valence-corrected chi connectivity index (χ4v) is 2.59. The van der Waals surface area contributed by atoms with Gasteiger partial charge in [-0.25, -0.2) is 0 Å². The van der Waals surface area contributed by atoms with Crippen LogP contribution in [0.15, 0.2) is 48.0 Å². The quantitative estimate of drug-likeness (QED) is 0.533. The van der Waals surface area contributed by atoms with Crippen LogP contribution in [0.3, 0.4) is 0 Å². The molecule has 28 heavy (non-hydrogen) atoms. The van der Waals surface area contributed by atoms with Gasteiger partial charge in [-0.15, -0.1) is 0 Å². The zero-order chi connectivity index (χ0) is 20.4. The van der Waals surface area contributed by atoms with Gasteiger partial charge in [-0.2, -0.15) is 5.26 Å². The maximum Gasteiger partial charge on any atom is 0.261 e. The van der Waals surface area contributed by atoms with Gasteiger partial charge in [0.05, 0.1) is 20.8 Å². The number of hydrogen-bond acceptors (Lipinski definition) is 5. The molecule has 0 aliphatic heterocycles. The maximum atomic E-state index is 12.3. The van der Waals surface area contributed by atoms with Crippen molar-refractivity contribution in [1.29, 1.82) is 5.26 Å². The molecule has 0 fully saturated rings. The fourth-order valence-electron chi connectivity index (χ4n) is 2.59. The lowest BCUT2D eigenvalue weighted by molar-refractivity contribution is -0.117. The summed E-state index contributed by atoms with van der Waals surface area (Å²) in [7, 11) is 3.16. The highest BCUT2D eigenvalue weighted by Crippen LogP contribution is 2.27. The SMILES string of the molecule is CCOc1ccc(/C=C(\C#N)C(=O)NCCc2ccc(OC)c(OC)c2)cc1. The third-order valence-corrected chi connectivity index (χ3v) is 4.01. The number of nitriles is 1. The minimum Gasteiger partial charge on any atom is -0.494 e. The number of carbonyl (C=O) groups is 1. The molecule has 0 bridgehead atoms. The van der Waals surface area contributed by atoms with E-state index in [-0.39, 0.29) is 5.57 Å². The van der Waals surface area contributed by atoms with Crippen LogP contribution in [-0.4, -0.2) is 33.3 Å². The van der Waals surface area contributed by atoms with Crippen LogP contribution >= 0.6 is 0 Å². The molecule has 6 heteroatoms. The highest BCUT2D eigenvalue weighted by Gasteiger charge is 2.09. The van der Waals surface area contributed by atoms with Crippen LogP contribution in [0.1, 0.15) is 18.1 Å². The molecule has 0 atom stereocenters. The first-order chi connectivity index (χ1) is 13.6. The zero-order valence-corrected chi connectivity index (χ0v) is 16.3. The van der Waals surface area contributed by atoms with E-state index in [4.69, 9.17) is 14.2 Å². The molecule has 1 amide bonds. The monoisotopic (exact) mass is 380 g/mol. The summed E-state index contributed by atoms with van der Waals surface area (Å²) in [6, 6.07) is 14.8. The van der Waals surface area contributed by atoms with Gasteiger partial charge in [-0.1, -0.05) is 18.2 Å². The van der Waals surface area contributed by atoms with Crippen LogP contribution in [0.4, 0.5) is 0 Å². The van der Waals surface area contributed by atoms with Crippen molar-refractivity contribution >= 4 is 12.0 Å². The molecule has 0 saturated heterocycles. The lowest BCUT2D eigenvalue weighted by Crippen LogP contribution is -2.26. The van der Waals surface area contributed by atoms with Crippen molar-refractivity contribution < 1.29 is 19.0 Å². The average Bonchev–Trinajstić information content (AvgIpc) is 2.73. The first-order valence-electron chi connectivity index (χ1n) is 8.95. The lowest BCUT2D eigenvalue weighted by atomic mass is 10.1. The Morgan fingerprint density at radius 2 is 1.82 bits per heavy atom. The lowest BCUT2D eigenvalue weighted by Gasteiger charge is -2.10. The van der Waals surface area contributed by atoms with Gasteiger partial charge in [0.25, 0.3) is 5.91 Å². The molecule has 6 nitrogen and oxygen atoms in total. The molecule has 0 aliphatic carbocycles. The topological polar surface area (TPSA) is 80.6 Å². The van der Waals surface area contributed by atoms with E-state index in [9.17, 15) is 10.1 Å². The molecule has 2 aromatic rings. The van der Waals surface area contributed by atoms with E-state index in [0.717, 1.165) is 16.9 Å². The maximum absolute atomic E-state index is 12.3. The van der Waals surface area contributed by atoms with Gasteiger partial charge in [0.1, 0.15) is 17.4 Å². The standard InChI is InChI=1S/C22H24N2O4/c1-4-28-19-8-5-16(6-9-19)13-18(15-23)22(25)24-12-11-17-7-10-20(26-2)21(14-17)27-3/h5-10,13-14H,4,11-12H2,1-3H3,(H,24,25)/b18-13+. The Hall–Kier alpha value is -3.46. The number of methoxy groups -OCH3 is 2. The minimum absolute atomic E-state index is 0.0523. The Morgan fingerprint density at radius 1 is 1.11 bits per heavy atom. The molecule has 0 unspecified atom stereocenters. The van der Waals surface area contributed by atoms with Gasteiger partial charge in [-0.3, -0.25) is 4.79 Å². The summed E-state index contributed by atoms with van der Waals surface area (Å²) in [5.74, 6) is 1.63. The van der Waals surface area contributed by atoms with Gasteiger partial charge < -0.3 is 19.5 Å². The highest BCUT2D eigenvalue weighted by atomic mass is 16.5. The van der Waals surface area contributed by atoms with Crippen molar-refractivity contribution in [3.63, 3.8) is 0 Å². The second-order valence-corrected chi connectivity index (χ2v) is 5.87. The second-order valence-electron chi connectivity index (χ2n) is 5.87. The van der Waals surface area contributed by atoms with Crippen LogP contribution < -0.4 is 19.5 Å². The number of carbonyl (C=O) groups excluding carboxylic acids is 1. The highest BCUT2D eigenvalue weighted by molar-refractivity contribution is 6.01. The Bertz CT molecular complexity index is 867. The molecule has 0 aromatic heterocycles. The fraction of sp³-hybridized carbons (Fsp3) is 0.273. The predicted molar refractivity (Wildman–Crippen MR) is 107 cm³/mol. The number of nitrogens with one attached hydrogen (secondary N) is 1. The normalized spacial score (nSPS) is 10.7. The molecule has 2 rings (SSSR count). The van der Waals surface area contributed by atoms with Crippen molar-refractivity contribution in [1.82, 2.24) is 5.32 Å². The summed E-state index contributed by atoms with van der Waals surface area (Å²) in [6.07, 6.45) is 2.16. The molecule has 2 aromatic carbocycles. The van der Waals surface area contributed by atoms with Crippen molar-refractivity contribution in [3.8, 4) is 23.3 Å².